The van der Waals surface area contributed by atoms with Crippen molar-refractivity contribution in [3.8, 4) is 5.75 Å². The molecule has 1 unspecified atom stereocenters. The Morgan fingerprint density at radius 1 is 1.37 bits per heavy atom. The highest BCUT2D eigenvalue weighted by atomic mass is 32.2. The van der Waals surface area contributed by atoms with E-state index in [9.17, 15) is 8.42 Å². The van der Waals surface area contributed by atoms with Crippen LogP contribution in [0.4, 0.5) is 0 Å². The van der Waals surface area contributed by atoms with E-state index < -0.39 is 10.0 Å². The number of methoxy groups -OCH3 is 1. The molecule has 2 rings (SSSR count). The Kier molecular flexibility index (Phi) is 4.79. The molecule has 19 heavy (non-hydrogen) atoms. The molecule has 2 N–H and O–H groups in total. The van der Waals surface area contributed by atoms with Gasteiger partial charge < -0.3 is 10.1 Å². The molecule has 0 saturated carbocycles. The zero-order valence-electron chi connectivity index (χ0n) is 11.1. The Hall–Kier alpha value is -1.11. The van der Waals surface area contributed by atoms with Gasteiger partial charge >= 0.3 is 0 Å². The van der Waals surface area contributed by atoms with E-state index >= 15 is 0 Å². The molecule has 1 aromatic rings. The molecule has 0 radical (unpaired) electrons. The molecule has 1 aromatic carbocycles. The van der Waals surface area contributed by atoms with Gasteiger partial charge in [0.05, 0.1) is 12.4 Å². The Morgan fingerprint density at radius 2 is 2.11 bits per heavy atom. The van der Waals surface area contributed by atoms with E-state index in [2.05, 4.69) is 10.0 Å². The quantitative estimate of drug-likeness (QED) is 0.842. The van der Waals surface area contributed by atoms with Crippen LogP contribution in [0.1, 0.15) is 18.4 Å². The Morgan fingerprint density at radius 3 is 2.68 bits per heavy atom. The summed E-state index contributed by atoms with van der Waals surface area (Å²) in [7, 11) is -1.64. The van der Waals surface area contributed by atoms with Crippen LogP contribution in [0.5, 0.6) is 5.75 Å². The third-order valence-corrected chi connectivity index (χ3v) is 5.15. The molecule has 0 bridgehead atoms. The van der Waals surface area contributed by atoms with Crippen LogP contribution in [0, 0.1) is 0 Å². The van der Waals surface area contributed by atoms with Gasteiger partial charge in [-0.25, -0.2) is 13.1 Å². The van der Waals surface area contributed by atoms with Crippen molar-refractivity contribution >= 4 is 10.0 Å². The van der Waals surface area contributed by atoms with Crippen molar-refractivity contribution in [3.63, 3.8) is 0 Å². The van der Waals surface area contributed by atoms with Gasteiger partial charge in [0.25, 0.3) is 0 Å². The van der Waals surface area contributed by atoms with Crippen LogP contribution in [0.25, 0.3) is 0 Å². The zero-order chi connectivity index (χ0) is 13.7. The Labute approximate surface area is 114 Å². The third-order valence-electron chi connectivity index (χ3n) is 3.33. The highest BCUT2D eigenvalue weighted by Gasteiger charge is 2.26. The predicted octanol–water partition coefficient (Wildman–Crippen LogP) is 0.867. The number of rotatable bonds is 5. The lowest BCUT2D eigenvalue weighted by Crippen LogP contribution is -2.44. The molecule has 6 heteroatoms. The van der Waals surface area contributed by atoms with Crippen LogP contribution in [0.3, 0.4) is 0 Å². The summed E-state index contributed by atoms with van der Waals surface area (Å²) in [6.07, 6.45) is 1.64. The van der Waals surface area contributed by atoms with Gasteiger partial charge in [-0.2, -0.15) is 0 Å². The summed E-state index contributed by atoms with van der Waals surface area (Å²) in [4.78, 5) is 0. The largest absolute Gasteiger partial charge is 0.497 e. The van der Waals surface area contributed by atoms with Crippen LogP contribution in [-0.2, 0) is 16.6 Å². The second kappa shape index (κ2) is 6.36. The first kappa shape index (κ1) is 14.3. The van der Waals surface area contributed by atoms with E-state index in [-0.39, 0.29) is 5.25 Å². The molecule has 1 aliphatic rings. The molecule has 1 heterocycles. The van der Waals surface area contributed by atoms with Gasteiger partial charge in [0, 0.05) is 13.1 Å². The third kappa shape index (κ3) is 3.92. The standard InChI is InChI=1S/C13H20N2O3S/c1-18-12-6-4-11(5-7-12)9-15-19(16,17)13-3-2-8-14-10-13/h4-7,13-15H,2-3,8-10H2,1H3. The number of sulfonamides is 1. The van der Waals surface area contributed by atoms with E-state index in [0.29, 0.717) is 13.1 Å². The fourth-order valence-electron chi connectivity index (χ4n) is 2.13. The summed E-state index contributed by atoms with van der Waals surface area (Å²) >= 11 is 0. The number of ether oxygens (including phenoxy) is 1. The number of hydrogen-bond acceptors (Lipinski definition) is 4. The van der Waals surface area contributed by atoms with Crippen LogP contribution in [-0.4, -0.2) is 33.9 Å². The molecule has 0 amide bonds. The highest BCUT2D eigenvalue weighted by Crippen LogP contribution is 2.13. The van der Waals surface area contributed by atoms with E-state index in [1.165, 1.54) is 0 Å². The first-order valence-corrected chi connectivity index (χ1v) is 7.98. The van der Waals surface area contributed by atoms with Crippen LogP contribution >= 0.6 is 0 Å². The summed E-state index contributed by atoms with van der Waals surface area (Å²) in [5, 5.41) is 2.80. The maximum absolute atomic E-state index is 12.1. The first-order valence-electron chi connectivity index (χ1n) is 6.44. The lowest BCUT2D eigenvalue weighted by atomic mass is 10.2. The van der Waals surface area contributed by atoms with Gasteiger partial charge in [-0.15, -0.1) is 0 Å². The summed E-state index contributed by atoms with van der Waals surface area (Å²) in [5.74, 6) is 0.767. The lowest BCUT2D eigenvalue weighted by Gasteiger charge is -2.23. The van der Waals surface area contributed by atoms with Gasteiger partial charge in [-0.1, -0.05) is 12.1 Å². The lowest BCUT2D eigenvalue weighted by molar-refractivity contribution is 0.414. The van der Waals surface area contributed by atoms with Crippen molar-refractivity contribution in [3.05, 3.63) is 29.8 Å². The molecule has 1 atom stereocenters. The van der Waals surface area contributed by atoms with Crippen molar-refractivity contribution in [1.82, 2.24) is 10.0 Å². The van der Waals surface area contributed by atoms with Crippen molar-refractivity contribution < 1.29 is 13.2 Å². The average molecular weight is 284 g/mol. The van der Waals surface area contributed by atoms with Crippen LogP contribution in [0.2, 0.25) is 0 Å². The number of piperidine rings is 1. The fraction of sp³-hybridized carbons (Fsp3) is 0.538. The molecule has 0 spiro atoms. The Balaban J connectivity index is 1.92. The number of hydrogen-bond donors (Lipinski definition) is 2. The maximum atomic E-state index is 12.1. The van der Waals surface area contributed by atoms with Gasteiger partial charge in [0.1, 0.15) is 5.75 Å². The first-order chi connectivity index (χ1) is 9.12. The van der Waals surface area contributed by atoms with Gasteiger partial charge in [0.15, 0.2) is 0 Å². The zero-order valence-corrected chi connectivity index (χ0v) is 11.9. The molecule has 106 valence electrons. The normalized spacial score (nSPS) is 20.2. The molecular weight excluding hydrogens is 264 g/mol. The topological polar surface area (TPSA) is 67.4 Å². The minimum Gasteiger partial charge on any atom is -0.497 e. The van der Waals surface area contributed by atoms with Crippen molar-refractivity contribution in [2.24, 2.45) is 0 Å². The van der Waals surface area contributed by atoms with E-state index in [1.54, 1.807) is 7.11 Å². The predicted molar refractivity (Wildman–Crippen MR) is 74.6 cm³/mol. The SMILES string of the molecule is COc1ccc(CNS(=O)(=O)C2CCCNC2)cc1. The maximum Gasteiger partial charge on any atom is 0.216 e. The second-order valence-corrected chi connectivity index (χ2v) is 6.73. The molecule has 5 nitrogen and oxygen atoms in total. The summed E-state index contributed by atoms with van der Waals surface area (Å²) in [6, 6.07) is 7.37. The summed E-state index contributed by atoms with van der Waals surface area (Å²) in [5.41, 5.74) is 0.924. The van der Waals surface area contributed by atoms with Gasteiger partial charge in [-0.3, -0.25) is 0 Å². The molecule has 1 saturated heterocycles. The van der Waals surface area contributed by atoms with E-state index in [1.807, 2.05) is 24.3 Å². The minimum absolute atomic E-state index is 0.320. The number of benzene rings is 1. The minimum atomic E-state index is -3.24. The van der Waals surface area contributed by atoms with Crippen LogP contribution in [0.15, 0.2) is 24.3 Å². The van der Waals surface area contributed by atoms with Crippen molar-refractivity contribution in [1.29, 1.82) is 0 Å². The molecule has 1 fully saturated rings. The average Bonchev–Trinajstić information content (AvgIpc) is 2.47. The summed E-state index contributed by atoms with van der Waals surface area (Å²) < 4.78 is 31.9. The van der Waals surface area contributed by atoms with Crippen LogP contribution < -0.4 is 14.8 Å². The van der Waals surface area contributed by atoms with E-state index in [0.717, 1.165) is 30.7 Å². The smallest absolute Gasteiger partial charge is 0.216 e. The monoisotopic (exact) mass is 284 g/mol. The van der Waals surface area contributed by atoms with Gasteiger partial charge in [-0.05, 0) is 37.1 Å². The molecule has 1 aliphatic heterocycles. The second-order valence-electron chi connectivity index (χ2n) is 4.68. The molecular formula is C13H20N2O3S. The Bertz CT molecular complexity index is 493. The number of nitrogens with one attached hydrogen (secondary N) is 2. The molecule has 0 aliphatic carbocycles. The summed E-state index contributed by atoms with van der Waals surface area (Å²) in [6.45, 7) is 1.77. The van der Waals surface area contributed by atoms with Crippen molar-refractivity contribution in [2.45, 2.75) is 24.6 Å². The fourth-order valence-corrected chi connectivity index (χ4v) is 3.55. The highest BCUT2D eigenvalue weighted by molar-refractivity contribution is 7.90. The molecule has 0 aromatic heterocycles. The van der Waals surface area contributed by atoms with Crippen molar-refractivity contribution in [2.75, 3.05) is 20.2 Å². The van der Waals surface area contributed by atoms with Gasteiger partial charge in [0.2, 0.25) is 10.0 Å². The van der Waals surface area contributed by atoms with E-state index in [4.69, 9.17) is 4.74 Å².